The standard InChI is InChI=1S/C20H25NO.ClH/c1-21(2)19-13-16(14-20(19)22)12-15-8-10-18(11-9-15)17-6-4-3-5-7-17;/h3-11,16,19-20,22H,12-14H2,1-2H3;1H/t16-,19+,20+;/m0./s1. The van der Waals surface area contributed by atoms with Crippen LogP contribution in [0.5, 0.6) is 0 Å². The first-order valence-electron chi connectivity index (χ1n) is 8.12. The summed E-state index contributed by atoms with van der Waals surface area (Å²) in [7, 11) is 4.12. The lowest BCUT2D eigenvalue weighted by atomic mass is 9.96. The highest BCUT2D eigenvalue weighted by Gasteiger charge is 2.33. The number of nitrogens with zero attached hydrogens (tertiary/aromatic N) is 1. The van der Waals surface area contributed by atoms with Crippen LogP contribution in [0.25, 0.3) is 11.1 Å². The Hall–Kier alpha value is -1.35. The molecule has 3 heteroatoms. The predicted octanol–water partition coefficient (Wildman–Crippen LogP) is 4.02. The average molecular weight is 332 g/mol. The maximum atomic E-state index is 10.2. The molecule has 0 saturated heterocycles. The molecule has 2 nitrogen and oxygen atoms in total. The summed E-state index contributed by atoms with van der Waals surface area (Å²) in [5, 5.41) is 10.2. The first kappa shape index (κ1) is 18.0. The Kier molecular flexibility index (Phi) is 6.23. The largest absolute Gasteiger partial charge is 0.391 e. The number of likely N-dealkylation sites (N-methyl/N-ethyl adjacent to an activating group) is 1. The van der Waals surface area contributed by atoms with Crippen molar-refractivity contribution >= 4 is 12.4 Å². The number of aliphatic hydroxyl groups is 1. The van der Waals surface area contributed by atoms with Crippen molar-refractivity contribution < 1.29 is 5.11 Å². The third kappa shape index (κ3) is 4.35. The molecule has 0 spiro atoms. The van der Waals surface area contributed by atoms with Gasteiger partial charge in [-0.2, -0.15) is 0 Å². The van der Waals surface area contributed by atoms with Gasteiger partial charge in [-0.05, 0) is 56.0 Å². The zero-order valence-corrected chi connectivity index (χ0v) is 14.7. The van der Waals surface area contributed by atoms with Gasteiger partial charge in [0.15, 0.2) is 0 Å². The quantitative estimate of drug-likeness (QED) is 0.914. The van der Waals surface area contributed by atoms with E-state index < -0.39 is 0 Å². The molecule has 0 unspecified atom stereocenters. The van der Waals surface area contributed by atoms with Gasteiger partial charge < -0.3 is 10.0 Å². The van der Waals surface area contributed by atoms with Crippen LogP contribution in [0.4, 0.5) is 0 Å². The normalized spacial score (nSPS) is 23.7. The van der Waals surface area contributed by atoms with Crippen molar-refractivity contribution in [3.63, 3.8) is 0 Å². The van der Waals surface area contributed by atoms with Crippen LogP contribution < -0.4 is 0 Å². The SMILES string of the molecule is CN(C)[C@@H]1C[C@H](Cc2ccc(-c3ccccc3)cc2)C[C@H]1O.Cl. The van der Waals surface area contributed by atoms with E-state index in [2.05, 4.69) is 67.5 Å². The highest BCUT2D eigenvalue weighted by molar-refractivity contribution is 5.85. The Morgan fingerprint density at radius 1 is 0.913 bits per heavy atom. The van der Waals surface area contributed by atoms with Gasteiger partial charge in [-0.15, -0.1) is 12.4 Å². The molecule has 0 radical (unpaired) electrons. The highest BCUT2D eigenvalue weighted by Crippen LogP contribution is 2.31. The van der Waals surface area contributed by atoms with Gasteiger partial charge in [0.2, 0.25) is 0 Å². The smallest absolute Gasteiger partial charge is 0.0698 e. The van der Waals surface area contributed by atoms with Crippen molar-refractivity contribution in [2.75, 3.05) is 14.1 Å². The highest BCUT2D eigenvalue weighted by atomic mass is 35.5. The molecule has 0 amide bonds. The van der Waals surface area contributed by atoms with Gasteiger partial charge in [0.1, 0.15) is 0 Å². The van der Waals surface area contributed by atoms with Crippen molar-refractivity contribution in [2.24, 2.45) is 5.92 Å². The molecule has 2 aromatic carbocycles. The Morgan fingerprint density at radius 2 is 1.52 bits per heavy atom. The second kappa shape index (κ2) is 7.96. The molecule has 0 aliphatic heterocycles. The second-order valence-corrected chi connectivity index (χ2v) is 6.70. The molecule has 3 rings (SSSR count). The van der Waals surface area contributed by atoms with Crippen LogP contribution in [0.1, 0.15) is 18.4 Å². The van der Waals surface area contributed by atoms with Gasteiger partial charge >= 0.3 is 0 Å². The van der Waals surface area contributed by atoms with Gasteiger partial charge in [0, 0.05) is 6.04 Å². The van der Waals surface area contributed by atoms with Gasteiger partial charge in [0.25, 0.3) is 0 Å². The summed E-state index contributed by atoms with van der Waals surface area (Å²) >= 11 is 0. The Labute approximate surface area is 145 Å². The molecule has 0 heterocycles. The topological polar surface area (TPSA) is 23.5 Å². The van der Waals surface area contributed by atoms with E-state index in [0.717, 1.165) is 19.3 Å². The fraction of sp³-hybridized carbons (Fsp3) is 0.400. The number of benzene rings is 2. The summed E-state index contributed by atoms with van der Waals surface area (Å²) in [6.45, 7) is 0. The van der Waals surface area contributed by atoms with Crippen LogP contribution in [-0.2, 0) is 6.42 Å². The first-order chi connectivity index (χ1) is 10.6. The molecule has 1 aliphatic rings. The van der Waals surface area contributed by atoms with Crippen molar-refractivity contribution in [1.29, 1.82) is 0 Å². The predicted molar refractivity (Wildman–Crippen MR) is 99.0 cm³/mol. The fourth-order valence-corrected chi connectivity index (χ4v) is 3.61. The molecule has 2 aromatic rings. The Morgan fingerprint density at radius 3 is 2.09 bits per heavy atom. The van der Waals surface area contributed by atoms with E-state index in [1.165, 1.54) is 16.7 Å². The molecule has 1 saturated carbocycles. The van der Waals surface area contributed by atoms with Crippen molar-refractivity contribution in [3.05, 3.63) is 60.2 Å². The minimum Gasteiger partial charge on any atom is -0.391 e. The van der Waals surface area contributed by atoms with Crippen LogP contribution in [-0.4, -0.2) is 36.2 Å². The van der Waals surface area contributed by atoms with Gasteiger partial charge in [-0.25, -0.2) is 0 Å². The van der Waals surface area contributed by atoms with Crippen molar-refractivity contribution in [3.8, 4) is 11.1 Å². The van der Waals surface area contributed by atoms with E-state index in [0.29, 0.717) is 12.0 Å². The number of hydrogen-bond donors (Lipinski definition) is 1. The van der Waals surface area contributed by atoms with Crippen LogP contribution in [0.2, 0.25) is 0 Å². The molecule has 23 heavy (non-hydrogen) atoms. The van der Waals surface area contributed by atoms with E-state index in [4.69, 9.17) is 0 Å². The molecule has 124 valence electrons. The van der Waals surface area contributed by atoms with Gasteiger partial charge in [-0.1, -0.05) is 54.6 Å². The second-order valence-electron chi connectivity index (χ2n) is 6.70. The summed E-state index contributed by atoms with van der Waals surface area (Å²) in [5.41, 5.74) is 3.90. The molecular weight excluding hydrogens is 306 g/mol. The lowest BCUT2D eigenvalue weighted by Gasteiger charge is -2.22. The molecule has 0 aromatic heterocycles. The van der Waals surface area contributed by atoms with Gasteiger partial charge in [0.05, 0.1) is 6.10 Å². The zero-order chi connectivity index (χ0) is 15.5. The monoisotopic (exact) mass is 331 g/mol. The van der Waals surface area contributed by atoms with E-state index in [1.54, 1.807) is 0 Å². The molecule has 3 atom stereocenters. The fourth-order valence-electron chi connectivity index (χ4n) is 3.61. The van der Waals surface area contributed by atoms with Crippen molar-refractivity contribution in [2.45, 2.75) is 31.4 Å². The summed E-state index contributed by atoms with van der Waals surface area (Å²) in [5.74, 6) is 0.588. The van der Waals surface area contributed by atoms with Crippen LogP contribution >= 0.6 is 12.4 Å². The molecule has 1 N–H and O–H groups in total. The van der Waals surface area contributed by atoms with Crippen LogP contribution in [0, 0.1) is 5.92 Å². The minimum absolute atomic E-state index is 0. The summed E-state index contributed by atoms with van der Waals surface area (Å²) < 4.78 is 0. The minimum atomic E-state index is -0.177. The third-order valence-corrected chi connectivity index (χ3v) is 4.84. The zero-order valence-electron chi connectivity index (χ0n) is 13.9. The van der Waals surface area contributed by atoms with E-state index in [-0.39, 0.29) is 18.5 Å². The van der Waals surface area contributed by atoms with Crippen molar-refractivity contribution in [1.82, 2.24) is 4.90 Å². The molecule has 1 aliphatic carbocycles. The number of halogens is 1. The molecule has 0 bridgehead atoms. The number of hydrogen-bond acceptors (Lipinski definition) is 2. The van der Waals surface area contributed by atoms with E-state index in [1.807, 2.05) is 6.07 Å². The molecule has 1 fully saturated rings. The lowest BCUT2D eigenvalue weighted by Crippen LogP contribution is -2.34. The summed E-state index contributed by atoms with van der Waals surface area (Å²) in [6, 6.07) is 19.7. The van der Waals surface area contributed by atoms with E-state index in [9.17, 15) is 5.11 Å². The maximum Gasteiger partial charge on any atom is 0.0698 e. The summed E-state index contributed by atoms with van der Waals surface area (Å²) in [4.78, 5) is 2.16. The third-order valence-electron chi connectivity index (χ3n) is 4.84. The summed E-state index contributed by atoms with van der Waals surface area (Å²) in [6.07, 6.45) is 2.90. The van der Waals surface area contributed by atoms with Crippen LogP contribution in [0.15, 0.2) is 54.6 Å². The average Bonchev–Trinajstić information content (AvgIpc) is 2.90. The number of rotatable bonds is 4. The van der Waals surface area contributed by atoms with Gasteiger partial charge in [-0.3, -0.25) is 0 Å². The molecular formula is C20H26ClNO. The van der Waals surface area contributed by atoms with Crippen LogP contribution in [0.3, 0.4) is 0 Å². The Balaban J connectivity index is 0.00000192. The van der Waals surface area contributed by atoms with E-state index >= 15 is 0 Å². The Bertz CT molecular complexity index is 597. The maximum absolute atomic E-state index is 10.2. The lowest BCUT2D eigenvalue weighted by molar-refractivity contribution is 0.0997. The first-order valence-corrected chi connectivity index (χ1v) is 8.12. The number of aliphatic hydroxyl groups excluding tert-OH is 1.